The summed E-state index contributed by atoms with van der Waals surface area (Å²) >= 11 is 1.49. The minimum Gasteiger partial charge on any atom is -0.375 e. The Kier molecular flexibility index (Phi) is 7.37. The molecule has 0 bridgehead atoms. The Labute approximate surface area is 199 Å². The van der Waals surface area contributed by atoms with Crippen molar-refractivity contribution in [1.82, 2.24) is 15.3 Å². The minimum atomic E-state index is 0.576. The number of hydrogen-bond donors (Lipinski definition) is 3. The Morgan fingerprint density at radius 3 is 2.61 bits per heavy atom. The zero-order valence-electron chi connectivity index (χ0n) is 19.3. The van der Waals surface area contributed by atoms with Crippen LogP contribution in [0.5, 0.6) is 0 Å². The number of pyridine rings is 1. The molecule has 0 saturated carbocycles. The Bertz CT molecular complexity index is 1230. The molecule has 0 radical (unpaired) electrons. The first-order valence-corrected chi connectivity index (χ1v) is 12.2. The number of nitrogens with zero attached hydrogens (tertiary/aromatic N) is 2. The van der Waals surface area contributed by atoms with E-state index in [0.29, 0.717) is 11.0 Å². The molecular weight excluding hydrogens is 426 g/mol. The fourth-order valence-corrected chi connectivity index (χ4v) is 4.56. The van der Waals surface area contributed by atoms with Crippen molar-refractivity contribution in [3.63, 3.8) is 0 Å². The van der Waals surface area contributed by atoms with Gasteiger partial charge in [-0.25, -0.2) is 9.97 Å². The van der Waals surface area contributed by atoms with Crippen LogP contribution >= 0.6 is 11.3 Å². The smallest absolute Gasteiger partial charge is 0.180 e. The molecule has 0 spiro atoms. The van der Waals surface area contributed by atoms with Gasteiger partial charge in [0.25, 0.3) is 0 Å². The Morgan fingerprint density at radius 1 is 1.06 bits per heavy atom. The van der Waals surface area contributed by atoms with Gasteiger partial charge < -0.3 is 16.4 Å². The highest BCUT2D eigenvalue weighted by Gasteiger charge is 2.08. The van der Waals surface area contributed by atoms with Crippen molar-refractivity contribution < 1.29 is 0 Å². The maximum atomic E-state index is 5.80. The molecule has 0 saturated heterocycles. The lowest BCUT2D eigenvalue weighted by molar-refractivity contribution is 0.504. The van der Waals surface area contributed by atoms with Crippen LogP contribution in [0.3, 0.4) is 0 Å². The number of anilines is 2. The topological polar surface area (TPSA) is 75.9 Å². The van der Waals surface area contributed by atoms with Crippen LogP contribution in [0.2, 0.25) is 0 Å². The molecule has 0 aliphatic carbocycles. The highest BCUT2D eigenvalue weighted by atomic mass is 32.1. The summed E-state index contributed by atoms with van der Waals surface area (Å²) in [6, 6.07) is 17.0. The first-order valence-electron chi connectivity index (χ1n) is 11.4. The lowest BCUT2D eigenvalue weighted by atomic mass is 9.97. The van der Waals surface area contributed by atoms with E-state index in [1.54, 1.807) is 0 Å². The van der Waals surface area contributed by atoms with Crippen LogP contribution in [0.25, 0.3) is 26.9 Å². The Hall–Kier alpha value is -3.22. The molecule has 2 heterocycles. The van der Waals surface area contributed by atoms with Crippen LogP contribution in [0, 0.1) is 5.92 Å². The summed E-state index contributed by atoms with van der Waals surface area (Å²) in [5, 5.41) is 9.53. The SMILES string of the molecule is C=C(Nc1cc2cc(-c3cnc(N)s3)ccc2cn1)c1ccc(CC(C)CCNCC)cc1. The number of nitrogens with one attached hydrogen (secondary N) is 2. The molecule has 2 aromatic heterocycles. The molecule has 1 atom stereocenters. The zero-order chi connectivity index (χ0) is 23.2. The first kappa shape index (κ1) is 23.0. The van der Waals surface area contributed by atoms with Crippen LogP contribution in [0.4, 0.5) is 10.9 Å². The second-order valence-electron chi connectivity index (χ2n) is 8.45. The van der Waals surface area contributed by atoms with E-state index in [0.717, 1.165) is 57.8 Å². The summed E-state index contributed by atoms with van der Waals surface area (Å²) in [6.07, 6.45) is 5.98. The number of thiazole rings is 1. The standard InChI is InChI=1S/C27H31N5S/c1-4-29-12-11-18(2)13-20-5-7-21(8-6-20)19(3)32-26-15-24-14-22(9-10-23(24)16-30-26)25-17-31-27(28)33-25/h5-10,14-18,29H,3-4,11-13H2,1-2H3,(H2,28,31)(H,30,32). The summed E-state index contributed by atoms with van der Waals surface area (Å²) in [4.78, 5) is 9.78. The Balaban J connectivity index is 1.42. The predicted octanol–water partition coefficient (Wildman–Crippen LogP) is 6.20. The second-order valence-corrected chi connectivity index (χ2v) is 9.51. The third kappa shape index (κ3) is 5.97. The molecule has 0 amide bonds. The molecule has 6 heteroatoms. The van der Waals surface area contributed by atoms with Crippen LogP contribution in [-0.2, 0) is 6.42 Å². The number of benzene rings is 2. The van der Waals surface area contributed by atoms with Gasteiger partial charge in [-0.05, 0) is 66.1 Å². The number of nitrogens with two attached hydrogens (primary N) is 1. The summed E-state index contributed by atoms with van der Waals surface area (Å²) in [6.45, 7) is 10.8. The van der Waals surface area contributed by atoms with E-state index in [9.17, 15) is 0 Å². The quantitative estimate of drug-likeness (QED) is 0.247. The number of nitrogen functional groups attached to an aromatic ring is 1. The van der Waals surface area contributed by atoms with E-state index < -0.39 is 0 Å². The zero-order valence-corrected chi connectivity index (χ0v) is 20.1. The monoisotopic (exact) mass is 457 g/mol. The molecule has 5 nitrogen and oxygen atoms in total. The Morgan fingerprint density at radius 2 is 1.88 bits per heavy atom. The highest BCUT2D eigenvalue weighted by molar-refractivity contribution is 7.18. The van der Waals surface area contributed by atoms with Crippen molar-refractivity contribution in [3.05, 3.63) is 78.6 Å². The van der Waals surface area contributed by atoms with Crippen molar-refractivity contribution in [1.29, 1.82) is 0 Å². The first-order chi connectivity index (χ1) is 16.0. The van der Waals surface area contributed by atoms with Gasteiger partial charge in [-0.2, -0.15) is 0 Å². The van der Waals surface area contributed by atoms with E-state index in [2.05, 4.69) is 89.6 Å². The summed E-state index contributed by atoms with van der Waals surface area (Å²) < 4.78 is 0. The van der Waals surface area contributed by atoms with E-state index >= 15 is 0 Å². The lowest BCUT2D eigenvalue weighted by Gasteiger charge is -2.13. The van der Waals surface area contributed by atoms with Gasteiger partial charge >= 0.3 is 0 Å². The number of aromatic nitrogens is 2. The van der Waals surface area contributed by atoms with Gasteiger partial charge in [0.15, 0.2) is 5.13 Å². The van der Waals surface area contributed by atoms with Crippen LogP contribution in [0.1, 0.15) is 31.4 Å². The molecular formula is C27H31N5S. The third-order valence-electron chi connectivity index (χ3n) is 5.76. The second kappa shape index (κ2) is 10.6. The molecule has 4 aromatic rings. The highest BCUT2D eigenvalue weighted by Crippen LogP contribution is 2.30. The summed E-state index contributed by atoms with van der Waals surface area (Å²) in [5.41, 5.74) is 10.2. The number of fused-ring (bicyclic) bond motifs is 1. The maximum absolute atomic E-state index is 5.80. The molecule has 0 aliphatic rings. The van der Waals surface area contributed by atoms with Crippen LogP contribution < -0.4 is 16.4 Å². The van der Waals surface area contributed by atoms with Crippen LogP contribution in [-0.4, -0.2) is 23.1 Å². The summed E-state index contributed by atoms with van der Waals surface area (Å²) in [7, 11) is 0. The fourth-order valence-electron chi connectivity index (χ4n) is 3.88. The predicted molar refractivity (Wildman–Crippen MR) is 142 cm³/mol. The van der Waals surface area contributed by atoms with E-state index in [4.69, 9.17) is 5.73 Å². The van der Waals surface area contributed by atoms with Gasteiger partial charge in [-0.3, -0.25) is 0 Å². The molecule has 0 aliphatic heterocycles. The van der Waals surface area contributed by atoms with Crippen molar-refractivity contribution in [2.75, 3.05) is 24.1 Å². The molecule has 0 fully saturated rings. The molecule has 170 valence electrons. The van der Waals surface area contributed by atoms with Gasteiger partial charge in [0.2, 0.25) is 0 Å². The van der Waals surface area contributed by atoms with E-state index in [1.165, 1.54) is 23.3 Å². The van der Waals surface area contributed by atoms with Gasteiger partial charge in [-0.15, -0.1) is 0 Å². The third-order valence-corrected chi connectivity index (χ3v) is 6.63. The normalized spacial score (nSPS) is 12.1. The minimum absolute atomic E-state index is 0.576. The van der Waals surface area contributed by atoms with Gasteiger partial charge in [0.1, 0.15) is 5.82 Å². The maximum Gasteiger partial charge on any atom is 0.180 e. The van der Waals surface area contributed by atoms with Gasteiger partial charge in [-0.1, -0.05) is 68.2 Å². The van der Waals surface area contributed by atoms with Crippen LogP contribution in [0.15, 0.2) is 67.5 Å². The summed E-state index contributed by atoms with van der Waals surface area (Å²) in [5.74, 6) is 1.43. The lowest BCUT2D eigenvalue weighted by Crippen LogP contribution is -2.17. The molecule has 2 aromatic carbocycles. The van der Waals surface area contributed by atoms with E-state index in [1.807, 2.05) is 12.4 Å². The number of hydrogen-bond acceptors (Lipinski definition) is 6. The molecule has 1 unspecified atom stereocenters. The fraction of sp³-hybridized carbons (Fsp3) is 0.259. The van der Waals surface area contributed by atoms with Crippen molar-refractivity contribution in [2.24, 2.45) is 5.92 Å². The van der Waals surface area contributed by atoms with Crippen molar-refractivity contribution in [3.8, 4) is 10.4 Å². The van der Waals surface area contributed by atoms with Crippen molar-refractivity contribution in [2.45, 2.75) is 26.7 Å². The average Bonchev–Trinajstić information content (AvgIpc) is 3.25. The largest absolute Gasteiger partial charge is 0.375 e. The molecule has 4 rings (SSSR count). The molecule has 4 N–H and O–H groups in total. The van der Waals surface area contributed by atoms with Crippen molar-refractivity contribution >= 4 is 38.8 Å². The van der Waals surface area contributed by atoms with E-state index in [-0.39, 0.29) is 0 Å². The molecule has 33 heavy (non-hydrogen) atoms. The average molecular weight is 458 g/mol. The van der Waals surface area contributed by atoms with Gasteiger partial charge in [0, 0.05) is 23.5 Å². The van der Waals surface area contributed by atoms with Gasteiger partial charge in [0.05, 0.1) is 4.88 Å². The number of rotatable bonds is 10.